The van der Waals surface area contributed by atoms with Crippen LogP contribution in [0.15, 0.2) is 10.5 Å². The molecular formula is C19H29N3O3. The van der Waals surface area contributed by atoms with Gasteiger partial charge in [-0.05, 0) is 38.4 Å². The Labute approximate surface area is 149 Å². The maximum atomic E-state index is 12.8. The maximum absolute atomic E-state index is 12.8. The zero-order valence-electron chi connectivity index (χ0n) is 15.6. The lowest BCUT2D eigenvalue weighted by Crippen LogP contribution is -2.52. The molecule has 138 valence electrons. The standard InChI is InChI=1S/C19H29N3O3/c1-4-16-14(2)12-17(25-16)19(24)22-7-5-6-15(13-22)18(23)21-10-8-20(3)9-11-21/h12,15H,4-11,13H2,1-3H3. The highest BCUT2D eigenvalue weighted by Gasteiger charge is 2.33. The number of piperazine rings is 1. The van der Waals surface area contributed by atoms with Gasteiger partial charge in [-0.15, -0.1) is 0 Å². The van der Waals surface area contributed by atoms with Crippen LogP contribution >= 0.6 is 0 Å². The molecule has 3 heterocycles. The van der Waals surface area contributed by atoms with Crippen molar-refractivity contribution >= 4 is 11.8 Å². The largest absolute Gasteiger partial charge is 0.456 e. The number of rotatable bonds is 3. The minimum Gasteiger partial charge on any atom is -0.456 e. The van der Waals surface area contributed by atoms with Crippen LogP contribution in [-0.2, 0) is 11.2 Å². The Morgan fingerprint density at radius 1 is 1.16 bits per heavy atom. The molecule has 0 spiro atoms. The van der Waals surface area contributed by atoms with Crippen LogP contribution in [0.4, 0.5) is 0 Å². The molecular weight excluding hydrogens is 318 g/mol. The number of hydrogen-bond donors (Lipinski definition) is 0. The molecule has 2 aliphatic heterocycles. The number of carbonyl (C=O) groups excluding carboxylic acids is 2. The Morgan fingerprint density at radius 3 is 2.52 bits per heavy atom. The van der Waals surface area contributed by atoms with Crippen LogP contribution in [0.1, 0.15) is 41.6 Å². The number of likely N-dealkylation sites (tertiary alicyclic amines) is 1. The highest BCUT2D eigenvalue weighted by atomic mass is 16.4. The molecule has 6 nitrogen and oxygen atoms in total. The summed E-state index contributed by atoms with van der Waals surface area (Å²) < 4.78 is 5.71. The van der Waals surface area contributed by atoms with Crippen molar-refractivity contribution in [1.29, 1.82) is 0 Å². The predicted octanol–water partition coefficient (Wildman–Crippen LogP) is 1.78. The smallest absolute Gasteiger partial charge is 0.289 e. The molecule has 2 fully saturated rings. The lowest BCUT2D eigenvalue weighted by molar-refractivity contribution is -0.138. The zero-order chi connectivity index (χ0) is 18.0. The van der Waals surface area contributed by atoms with Gasteiger partial charge in [0.25, 0.3) is 5.91 Å². The average Bonchev–Trinajstić information content (AvgIpc) is 3.02. The molecule has 0 bridgehead atoms. The number of hydrogen-bond acceptors (Lipinski definition) is 4. The Bertz CT molecular complexity index is 632. The fourth-order valence-electron chi connectivity index (χ4n) is 3.78. The molecule has 2 amide bonds. The van der Waals surface area contributed by atoms with Crippen LogP contribution in [0.25, 0.3) is 0 Å². The first-order valence-corrected chi connectivity index (χ1v) is 9.35. The van der Waals surface area contributed by atoms with E-state index in [4.69, 9.17) is 4.42 Å². The molecule has 1 aromatic rings. The zero-order valence-corrected chi connectivity index (χ0v) is 15.6. The van der Waals surface area contributed by atoms with Gasteiger partial charge in [-0.2, -0.15) is 0 Å². The van der Waals surface area contributed by atoms with Crippen molar-refractivity contribution in [2.45, 2.75) is 33.1 Å². The maximum Gasteiger partial charge on any atom is 0.289 e. The van der Waals surface area contributed by atoms with Crippen LogP contribution < -0.4 is 0 Å². The summed E-state index contributed by atoms with van der Waals surface area (Å²) in [5, 5.41) is 0. The summed E-state index contributed by atoms with van der Waals surface area (Å²) >= 11 is 0. The molecule has 2 aliphatic rings. The molecule has 1 unspecified atom stereocenters. The topological polar surface area (TPSA) is 57.0 Å². The predicted molar refractivity (Wildman–Crippen MR) is 95.5 cm³/mol. The summed E-state index contributed by atoms with van der Waals surface area (Å²) in [5.41, 5.74) is 1.02. The third-order valence-electron chi connectivity index (χ3n) is 5.43. The number of piperidine rings is 1. The van der Waals surface area contributed by atoms with Crippen molar-refractivity contribution in [1.82, 2.24) is 14.7 Å². The second kappa shape index (κ2) is 7.60. The van der Waals surface area contributed by atoms with Crippen molar-refractivity contribution in [3.05, 3.63) is 23.2 Å². The lowest BCUT2D eigenvalue weighted by Gasteiger charge is -2.37. The van der Waals surface area contributed by atoms with Crippen molar-refractivity contribution in [2.75, 3.05) is 46.3 Å². The van der Waals surface area contributed by atoms with Gasteiger partial charge < -0.3 is 19.1 Å². The van der Waals surface area contributed by atoms with Crippen LogP contribution in [0, 0.1) is 12.8 Å². The molecule has 0 radical (unpaired) electrons. The van der Waals surface area contributed by atoms with Gasteiger partial charge in [-0.3, -0.25) is 9.59 Å². The molecule has 0 aromatic carbocycles. The van der Waals surface area contributed by atoms with Gasteiger partial charge in [0.1, 0.15) is 5.76 Å². The van der Waals surface area contributed by atoms with Crippen molar-refractivity contribution in [3.8, 4) is 0 Å². The Balaban J connectivity index is 1.64. The fraction of sp³-hybridized carbons (Fsp3) is 0.684. The van der Waals surface area contributed by atoms with Crippen molar-refractivity contribution < 1.29 is 14.0 Å². The summed E-state index contributed by atoms with van der Waals surface area (Å²) in [7, 11) is 2.08. The first kappa shape index (κ1) is 18.0. The molecule has 1 atom stereocenters. The molecule has 0 aliphatic carbocycles. The van der Waals surface area contributed by atoms with E-state index < -0.39 is 0 Å². The number of aryl methyl sites for hydroxylation is 2. The number of likely N-dealkylation sites (N-methyl/N-ethyl adjacent to an activating group) is 1. The first-order valence-electron chi connectivity index (χ1n) is 9.35. The van der Waals surface area contributed by atoms with E-state index in [1.54, 1.807) is 4.90 Å². The minimum absolute atomic E-state index is 0.0807. The summed E-state index contributed by atoms with van der Waals surface area (Å²) in [6.07, 6.45) is 2.52. The summed E-state index contributed by atoms with van der Waals surface area (Å²) in [5.74, 6) is 1.31. The van der Waals surface area contributed by atoms with Gasteiger partial charge in [0.2, 0.25) is 5.91 Å². The summed E-state index contributed by atoms with van der Waals surface area (Å²) in [6.45, 7) is 8.62. The monoisotopic (exact) mass is 347 g/mol. The van der Waals surface area contributed by atoms with E-state index in [0.29, 0.717) is 18.8 Å². The summed E-state index contributed by atoms with van der Waals surface area (Å²) in [6, 6.07) is 1.83. The third-order valence-corrected chi connectivity index (χ3v) is 5.43. The number of furan rings is 1. The average molecular weight is 347 g/mol. The van der Waals surface area contributed by atoms with E-state index in [9.17, 15) is 9.59 Å². The van der Waals surface area contributed by atoms with Crippen LogP contribution in [0.2, 0.25) is 0 Å². The van der Waals surface area contributed by atoms with E-state index in [1.165, 1.54) is 0 Å². The van der Waals surface area contributed by atoms with E-state index in [1.807, 2.05) is 24.8 Å². The minimum atomic E-state index is -0.0846. The SMILES string of the molecule is CCc1oc(C(=O)N2CCCC(C(=O)N3CCN(C)CC3)C2)cc1C. The Hall–Kier alpha value is -1.82. The van der Waals surface area contributed by atoms with Gasteiger partial charge in [-0.25, -0.2) is 0 Å². The lowest BCUT2D eigenvalue weighted by atomic mass is 9.96. The number of amides is 2. The first-order chi connectivity index (χ1) is 12.0. The molecule has 0 saturated carbocycles. The van der Waals surface area contributed by atoms with Crippen LogP contribution in [0.3, 0.4) is 0 Å². The Morgan fingerprint density at radius 2 is 1.88 bits per heavy atom. The highest BCUT2D eigenvalue weighted by molar-refractivity contribution is 5.92. The molecule has 1 aromatic heterocycles. The van der Waals surface area contributed by atoms with E-state index >= 15 is 0 Å². The Kier molecular flexibility index (Phi) is 5.47. The molecule has 0 N–H and O–H groups in total. The van der Waals surface area contributed by atoms with Crippen molar-refractivity contribution in [2.24, 2.45) is 5.92 Å². The summed E-state index contributed by atoms with van der Waals surface area (Å²) in [4.78, 5) is 31.6. The van der Waals surface area contributed by atoms with Crippen LogP contribution in [-0.4, -0.2) is 72.8 Å². The van der Waals surface area contributed by atoms with Crippen molar-refractivity contribution in [3.63, 3.8) is 0 Å². The molecule has 25 heavy (non-hydrogen) atoms. The van der Waals surface area contributed by atoms with E-state index in [-0.39, 0.29) is 17.7 Å². The number of nitrogens with zero attached hydrogens (tertiary/aromatic N) is 3. The fourth-order valence-corrected chi connectivity index (χ4v) is 3.78. The molecule has 2 saturated heterocycles. The van der Waals surface area contributed by atoms with Gasteiger partial charge in [-0.1, -0.05) is 6.92 Å². The van der Waals surface area contributed by atoms with Gasteiger partial charge in [0.15, 0.2) is 5.76 Å². The number of carbonyl (C=O) groups is 2. The van der Waals surface area contributed by atoms with Crippen LogP contribution in [0.5, 0.6) is 0 Å². The quantitative estimate of drug-likeness (QED) is 0.836. The van der Waals surface area contributed by atoms with E-state index in [0.717, 1.165) is 56.8 Å². The normalized spacial score (nSPS) is 22.3. The second-order valence-electron chi connectivity index (χ2n) is 7.29. The second-order valence-corrected chi connectivity index (χ2v) is 7.29. The van der Waals surface area contributed by atoms with Gasteiger partial charge in [0.05, 0.1) is 5.92 Å². The molecule has 6 heteroatoms. The van der Waals surface area contributed by atoms with E-state index in [2.05, 4.69) is 11.9 Å². The van der Waals surface area contributed by atoms with Gasteiger partial charge in [0, 0.05) is 45.7 Å². The van der Waals surface area contributed by atoms with Gasteiger partial charge >= 0.3 is 0 Å². The highest BCUT2D eigenvalue weighted by Crippen LogP contribution is 2.23. The third kappa shape index (κ3) is 3.89. The molecule has 3 rings (SSSR count).